The predicted octanol–water partition coefficient (Wildman–Crippen LogP) is 4.01. The molecule has 142 valence electrons. The van der Waals surface area contributed by atoms with Gasteiger partial charge in [-0.1, -0.05) is 6.92 Å². The molecule has 0 fully saturated rings. The summed E-state index contributed by atoms with van der Waals surface area (Å²) in [5.74, 6) is 2.39. The van der Waals surface area contributed by atoms with E-state index in [9.17, 15) is 4.79 Å². The molecule has 6 heteroatoms. The van der Waals surface area contributed by atoms with Crippen LogP contribution in [0, 0.1) is 13.8 Å². The lowest BCUT2D eigenvalue weighted by Crippen LogP contribution is -2.11. The number of hydrogen-bond acceptors (Lipinski definition) is 5. The van der Waals surface area contributed by atoms with E-state index in [-0.39, 0.29) is 5.56 Å². The van der Waals surface area contributed by atoms with Gasteiger partial charge in [0, 0.05) is 17.7 Å². The van der Waals surface area contributed by atoms with Crippen LogP contribution in [0.25, 0.3) is 22.3 Å². The normalized spacial score (nSPS) is 10.9. The SMILES string of the molecule is CCCOc1c(C)cc(-c2nc3cc(OC)cc(OC)c3c(=O)[nH]2)cc1C. The monoisotopic (exact) mass is 368 g/mol. The maximum absolute atomic E-state index is 12.7. The minimum absolute atomic E-state index is 0.254. The first-order valence-electron chi connectivity index (χ1n) is 8.89. The molecule has 0 saturated carbocycles. The topological polar surface area (TPSA) is 73.4 Å². The first-order valence-corrected chi connectivity index (χ1v) is 8.89. The van der Waals surface area contributed by atoms with Gasteiger partial charge in [-0.2, -0.15) is 0 Å². The standard InChI is InChI=1S/C21H24N2O4/c1-6-7-27-19-12(2)8-14(9-13(19)3)20-22-16-10-15(25-4)11-17(26-5)18(16)21(24)23-20/h8-11H,6-7H2,1-5H3,(H,22,23,24). The lowest BCUT2D eigenvalue weighted by molar-refractivity contribution is 0.313. The molecule has 0 radical (unpaired) electrons. The molecule has 0 aliphatic carbocycles. The third-order valence-corrected chi connectivity index (χ3v) is 4.39. The predicted molar refractivity (Wildman–Crippen MR) is 106 cm³/mol. The lowest BCUT2D eigenvalue weighted by Gasteiger charge is -2.14. The maximum Gasteiger partial charge on any atom is 0.262 e. The number of aromatic amines is 1. The van der Waals surface area contributed by atoms with E-state index in [0.717, 1.165) is 28.9 Å². The molecule has 0 amide bonds. The van der Waals surface area contributed by atoms with E-state index in [0.29, 0.717) is 34.8 Å². The highest BCUT2D eigenvalue weighted by Crippen LogP contribution is 2.31. The van der Waals surface area contributed by atoms with Gasteiger partial charge in [0.1, 0.15) is 28.5 Å². The van der Waals surface area contributed by atoms with Crippen LogP contribution in [-0.4, -0.2) is 30.8 Å². The second-order valence-corrected chi connectivity index (χ2v) is 6.43. The summed E-state index contributed by atoms with van der Waals surface area (Å²) in [7, 11) is 3.08. The largest absolute Gasteiger partial charge is 0.497 e. The van der Waals surface area contributed by atoms with Crippen molar-refractivity contribution in [3.63, 3.8) is 0 Å². The zero-order chi connectivity index (χ0) is 19.6. The number of hydrogen-bond donors (Lipinski definition) is 1. The van der Waals surface area contributed by atoms with Crippen LogP contribution in [0.1, 0.15) is 24.5 Å². The van der Waals surface area contributed by atoms with Crippen molar-refractivity contribution in [1.29, 1.82) is 0 Å². The Bertz CT molecular complexity index is 1020. The van der Waals surface area contributed by atoms with E-state index in [1.54, 1.807) is 19.2 Å². The number of rotatable bonds is 6. The zero-order valence-corrected chi connectivity index (χ0v) is 16.3. The van der Waals surface area contributed by atoms with Gasteiger partial charge < -0.3 is 19.2 Å². The van der Waals surface area contributed by atoms with Crippen molar-refractivity contribution in [3.05, 3.63) is 45.7 Å². The number of nitrogens with one attached hydrogen (secondary N) is 1. The van der Waals surface area contributed by atoms with Crippen molar-refractivity contribution < 1.29 is 14.2 Å². The van der Waals surface area contributed by atoms with E-state index < -0.39 is 0 Å². The lowest BCUT2D eigenvalue weighted by atomic mass is 10.0. The van der Waals surface area contributed by atoms with Crippen LogP contribution in [0.5, 0.6) is 17.2 Å². The highest BCUT2D eigenvalue weighted by atomic mass is 16.5. The number of fused-ring (bicyclic) bond motifs is 1. The first-order chi connectivity index (χ1) is 13.0. The molecule has 0 saturated heterocycles. The molecule has 1 aromatic heterocycles. The maximum atomic E-state index is 12.7. The molecular weight excluding hydrogens is 344 g/mol. The van der Waals surface area contributed by atoms with Crippen molar-refractivity contribution in [2.24, 2.45) is 0 Å². The molecule has 0 bridgehead atoms. The molecule has 0 aliphatic heterocycles. The van der Waals surface area contributed by atoms with Crippen LogP contribution in [-0.2, 0) is 0 Å². The Labute approximate surface area is 158 Å². The highest BCUT2D eigenvalue weighted by molar-refractivity contribution is 5.87. The molecule has 27 heavy (non-hydrogen) atoms. The van der Waals surface area contributed by atoms with Crippen LogP contribution in [0.3, 0.4) is 0 Å². The molecule has 6 nitrogen and oxygen atoms in total. The summed E-state index contributed by atoms with van der Waals surface area (Å²) >= 11 is 0. The summed E-state index contributed by atoms with van der Waals surface area (Å²) in [5, 5.41) is 0.401. The molecule has 0 spiro atoms. The summed E-state index contributed by atoms with van der Waals surface area (Å²) in [4.78, 5) is 20.2. The van der Waals surface area contributed by atoms with Gasteiger partial charge in [0.25, 0.3) is 5.56 Å². The number of benzene rings is 2. The number of ether oxygens (including phenoxy) is 3. The van der Waals surface area contributed by atoms with E-state index in [4.69, 9.17) is 14.2 Å². The Morgan fingerprint density at radius 2 is 1.74 bits per heavy atom. The van der Waals surface area contributed by atoms with E-state index >= 15 is 0 Å². The summed E-state index contributed by atoms with van der Waals surface area (Å²) in [5.41, 5.74) is 3.10. The average Bonchev–Trinajstić information content (AvgIpc) is 2.66. The number of methoxy groups -OCH3 is 2. The average molecular weight is 368 g/mol. The van der Waals surface area contributed by atoms with Gasteiger partial charge >= 0.3 is 0 Å². The van der Waals surface area contributed by atoms with Gasteiger partial charge in [0.2, 0.25) is 0 Å². The number of H-pyrrole nitrogens is 1. The Kier molecular flexibility index (Phi) is 5.35. The fraction of sp³-hybridized carbons (Fsp3) is 0.333. The van der Waals surface area contributed by atoms with Crippen LogP contribution < -0.4 is 19.8 Å². The minimum Gasteiger partial charge on any atom is -0.497 e. The van der Waals surface area contributed by atoms with Crippen LogP contribution in [0.4, 0.5) is 0 Å². The molecule has 1 heterocycles. The molecule has 0 unspecified atom stereocenters. The smallest absolute Gasteiger partial charge is 0.262 e. The van der Waals surface area contributed by atoms with Gasteiger partial charge in [0.15, 0.2) is 0 Å². The van der Waals surface area contributed by atoms with Gasteiger partial charge in [-0.3, -0.25) is 4.79 Å². The fourth-order valence-electron chi connectivity index (χ4n) is 3.15. The number of aryl methyl sites for hydroxylation is 2. The van der Waals surface area contributed by atoms with Crippen molar-refractivity contribution in [3.8, 4) is 28.6 Å². The van der Waals surface area contributed by atoms with E-state index in [1.807, 2.05) is 26.0 Å². The van der Waals surface area contributed by atoms with Gasteiger partial charge in [-0.25, -0.2) is 4.98 Å². The number of nitrogens with zero attached hydrogens (tertiary/aromatic N) is 1. The minimum atomic E-state index is -0.254. The van der Waals surface area contributed by atoms with Gasteiger partial charge in [-0.05, 0) is 43.5 Å². The van der Waals surface area contributed by atoms with E-state index in [1.165, 1.54) is 7.11 Å². The second kappa shape index (κ2) is 7.70. The second-order valence-electron chi connectivity index (χ2n) is 6.43. The summed E-state index contributed by atoms with van der Waals surface area (Å²) in [6, 6.07) is 7.35. The number of aromatic nitrogens is 2. The first kappa shape index (κ1) is 18.8. The summed E-state index contributed by atoms with van der Waals surface area (Å²) < 4.78 is 16.5. The fourth-order valence-corrected chi connectivity index (χ4v) is 3.15. The molecule has 3 rings (SSSR count). The quantitative estimate of drug-likeness (QED) is 0.711. The van der Waals surface area contributed by atoms with Crippen LogP contribution >= 0.6 is 0 Å². The van der Waals surface area contributed by atoms with Crippen molar-refractivity contribution in [2.75, 3.05) is 20.8 Å². The molecule has 0 aliphatic rings. The Morgan fingerprint density at radius 1 is 1.04 bits per heavy atom. The summed E-state index contributed by atoms with van der Waals surface area (Å²) in [6.07, 6.45) is 0.948. The highest BCUT2D eigenvalue weighted by Gasteiger charge is 2.14. The molecule has 2 aromatic carbocycles. The Hall–Kier alpha value is -3.02. The zero-order valence-electron chi connectivity index (χ0n) is 16.3. The van der Waals surface area contributed by atoms with Crippen LogP contribution in [0.2, 0.25) is 0 Å². The van der Waals surface area contributed by atoms with Gasteiger partial charge in [-0.15, -0.1) is 0 Å². The Morgan fingerprint density at radius 3 is 2.33 bits per heavy atom. The van der Waals surface area contributed by atoms with Crippen LogP contribution in [0.15, 0.2) is 29.1 Å². The molecular formula is C21H24N2O4. The molecule has 1 N–H and O–H groups in total. The van der Waals surface area contributed by atoms with E-state index in [2.05, 4.69) is 16.9 Å². The van der Waals surface area contributed by atoms with Gasteiger partial charge in [0.05, 0.1) is 26.3 Å². The third-order valence-electron chi connectivity index (χ3n) is 4.39. The molecule has 0 atom stereocenters. The summed E-state index contributed by atoms with van der Waals surface area (Å²) in [6.45, 7) is 6.73. The Balaban J connectivity index is 2.16. The van der Waals surface area contributed by atoms with Crippen molar-refractivity contribution in [1.82, 2.24) is 9.97 Å². The third kappa shape index (κ3) is 3.60. The van der Waals surface area contributed by atoms with Crippen molar-refractivity contribution >= 4 is 10.9 Å². The van der Waals surface area contributed by atoms with Crippen molar-refractivity contribution in [2.45, 2.75) is 27.2 Å². The molecule has 3 aromatic rings.